The SMILES string of the molecule is CCC1CCCCN1C(=O)C(C)N1CCC(C(=O)N2CCCCCC2)CC1. The molecule has 2 unspecified atom stereocenters. The van der Waals surface area contributed by atoms with Gasteiger partial charge in [0, 0.05) is 31.6 Å². The van der Waals surface area contributed by atoms with Gasteiger partial charge in [0.15, 0.2) is 0 Å². The Hall–Kier alpha value is -1.10. The fourth-order valence-corrected chi connectivity index (χ4v) is 5.19. The zero-order chi connectivity index (χ0) is 19.2. The summed E-state index contributed by atoms with van der Waals surface area (Å²) < 4.78 is 0. The Morgan fingerprint density at radius 3 is 2.11 bits per heavy atom. The number of amides is 2. The monoisotopic (exact) mass is 377 g/mol. The topological polar surface area (TPSA) is 43.9 Å². The fourth-order valence-electron chi connectivity index (χ4n) is 5.19. The molecule has 27 heavy (non-hydrogen) atoms. The van der Waals surface area contributed by atoms with Crippen LogP contribution in [0.5, 0.6) is 0 Å². The molecular formula is C22H39N3O2. The fraction of sp³-hybridized carbons (Fsp3) is 0.909. The van der Waals surface area contributed by atoms with Crippen molar-refractivity contribution in [1.82, 2.24) is 14.7 Å². The predicted octanol–water partition coefficient (Wildman–Crippen LogP) is 3.28. The van der Waals surface area contributed by atoms with Crippen LogP contribution in [-0.4, -0.2) is 71.3 Å². The number of likely N-dealkylation sites (tertiary alicyclic amines) is 3. The van der Waals surface area contributed by atoms with Crippen LogP contribution in [0.2, 0.25) is 0 Å². The lowest BCUT2D eigenvalue weighted by atomic mass is 9.93. The second-order valence-corrected chi connectivity index (χ2v) is 8.82. The summed E-state index contributed by atoms with van der Waals surface area (Å²) in [6.07, 6.45) is 11.3. The Kier molecular flexibility index (Phi) is 7.57. The molecule has 0 aromatic rings. The largest absolute Gasteiger partial charge is 0.342 e. The normalized spacial score (nSPS) is 27.3. The van der Waals surface area contributed by atoms with E-state index in [9.17, 15) is 9.59 Å². The summed E-state index contributed by atoms with van der Waals surface area (Å²) >= 11 is 0. The van der Waals surface area contributed by atoms with E-state index in [4.69, 9.17) is 0 Å². The average Bonchev–Trinajstić information content (AvgIpc) is 3.02. The highest BCUT2D eigenvalue weighted by Crippen LogP contribution is 2.25. The van der Waals surface area contributed by atoms with Crippen LogP contribution in [0.4, 0.5) is 0 Å². The van der Waals surface area contributed by atoms with E-state index < -0.39 is 0 Å². The Morgan fingerprint density at radius 1 is 0.852 bits per heavy atom. The first-order valence-corrected chi connectivity index (χ1v) is 11.4. The van der Waals surface area contributed by atoms with Crippen LogP contribution in [0.15, 0.2) is 0 Å². The molecule has 3 aliphatic heterocycles. The molecule has 2 amide bonds. The molecular weight excluding hydrogens is 338 g/mol. The van der Waals surface area contributed by atoms with Gasteiger partial charge in [0.05, 0.1) is 6.04 Å². The summed E-state index contributed by atoms with van der Waals surface area (Å²) in [5, 5.41) is 0. The first-order valence-electron chi connectivity index (χ1n) is 11.4. The van der Waals surface area contributed by atoms with Gasteiger partial charge in [-0.25, -0.2) is 0 Å². The smallest absolute Gasteiger partial charge is 0.239 e. The summed E-state index contributed by atoms with van der Waals surface area (Å²) in [5.74, 6) is 0.844. The highest BCUT2D eigenvalue weighted by molar-refractivity contribution is 5.82. The number of piperidine rings is 2. The molecule has 0 aromatic heterocycles. The van der Waals surface area contributed by atoms with Crippen LogP contribution in [-0.2, 0) is 9.59 Å². The van der Waals surface area contributed by atoms with Gasteiger partial charge < -0.3 is 9.80 Å². The molecule has 3 saturated heterocycles. The van der Waals surface area contributed by atoms with Crippen molar-refractivity contribution in [3.63, 3.8) is 0 Å². The van der Waals surface area contributed by atoms with Gasteiger partial charge in [0.2, 0.25) is 11.8 Å². The molecule has 5 nitrogen and oxygen atoms in total. The molecule has 2 atom stereocenters. The highest BCUT2D eigenvalue weighted by Gasteiger charge is 2.35. The zero-order valence-electron chi connectivity index (χ0n) is 17.5. The summed E-state index contributed by atoms with van der Waals surface area (Å²) in [4.78, 5) is 32.5. The van der Waals surface area contributed by atoms with Crippen molar-refractivity contribution in [2.45, 2.75) is 90.1 Å². The Morgan fingerprint density at radius 2 is 1.48 bits per heavy atom. The second-order valence-electron chi connectivity index (χ2n) is 8.82. The molecule has 0 aromatic carbocycles. The molecule has 3 heterocycles. The number of nitrogens with zero attached hydrogens (tertiary/aromatic N) is 3. The number of carbonyl (C=O) groups is 2. The lowest BCUT2D eigenvalue weighted by molar-refractivity contribution is -0.142. The molecule has 5 heteroatoms. The molecule has 3 fully saturated rings. The first-order chi connectivity index (χ1) is 13.1. The van der Waals surface area contributed by atoms with Crippen molar-refractivity contribution in [1.29, 1.82) is 0 Å². The van der Waals surface area contributed by atoms with Crippen molar-refractivity contribution < 1.29 is 9.59 Å². The Bertz CT molecular complexity index is 494. The van der Waals surface area contributed by atoms with Gasteiger partial charge in [-0.05, 0) is 71.4 Å². The summed E-state index contributed by atoms with van der Waals surface area (Å²) in [7, 11) is 0. The lowest BCUT2D eigenvalue weighted by Gasteiger charge is -2.41. The molecule has 0 N–H and O–H groups in total. The van der Waals surface area contributed by atoms with Crippen LogP contribution < -0.4 is 0 Å². The van der Waals surface area contributed by atoms with E-state index in [0.29, 0.717) is 17.9 Å². The predicted molar refractivity (Wildman–Crippen MR) is 108 cm³/mol. The van der Waals surface area contributed by atoms with Gasteiger partial charge in [0.25, 0.3) is 0 Å². The molecule has 3 rings (SSSR count). The van der Waals surface area contributed by atoms with E-state index in [2.05, 4.69) is 28.5 Å². The van der Waals surface area contributed by atoms with Crippen molar-refractivity contribution >= 4 is 11.8 Å². The van der Waals surface area contributed by atoms with Gasteiger partial charge in [-0.1, -0.05) is 19.8 Å². The van der Waals surface area contributed by atoms with Crippen molar-refractivity contribution in [2.75, 3.05) is 32.7 Å². The van der Waals surface area contributed by atoms with Crippen molar-refractivity contribution in [2.24, 2.45) is 5.92 Å². The maximum atomic E-state index is 13.1. The van der Waals surface area contributed by atoms with Crippen LogP contribution in [0.3, 0.4) is 0 Å². The van der Waals surface area contributed by atoms with Gasteiger partial charge in [-0.2, -0.15) is 0 Å². The van der Waals surface area contributed by atoms with E-state index in [1.54, 1.807) is 0 Å². The molecule has 0 radical (unpaired) electrons. The van der Waals surface area contributed by atoms with Crippen LogP contribution in [0.1, 0.15) is 78.1 Å². The van der Waals surface area contributed by atoms with E-state index in [-0.39, 0.29) is 12.0 Å². The number of hydrogen-bond donors (Lipinski definition) is 0. The maximum Gasteiger partial charge on any atom is 0.239 e. The minimum atomic E-state index is -0.0496. The molecule has 154 valence electrons. The molecule has 3 aliphatic rings. The van der Waals surface area contributed by atoms with Gasteiger partial charge >= 0.3 is 0 Å². The highest BCUT2D eigenvalue weighted by atomic mass is 16.2. The van der Waals surface area contributed by atoms with E-state index in [1.807, 2.05) is 0 Å². The third-order valence-electron chi connectivity index (χ3n) is 7.08. The maximum absolute atomic E-state index is 13.1. The average molecular weight is 378 g/mol. The summed E-state index contributed by atoms with van der Waals surface area (Å²) in [6.45, 7) is 8.83. The summed E-state index contributed by atoms with van der Waals surface area (Å²) in [5.41, 5.74) is 0. The number of rotatable bonds is 4. The van der Waals surface area contributed by atoms with Crippen LogP contribution >= 0.6 is 0 Å². The number of carbonyl (C=O) groups excluding carboxylic acids is 2. The molecule has 0 bridgehead atoms. The van der Waals surface area contributed by atoms with Crippen LogP contribution in [0.25, 0.3) is 0 Å². The van der Waals surface area contributed by atoms with E-state index in [0.717, 1.165) is 77.7 Å². The number of hydrogen-bond acceptors (Lipinski definition) is 3. The van der Waals surface area contributed by atoms with Crippen molar-refractivity contribution in [3.05, 3.63) is 0 Å². The second kappa shape index (κ2) is 9.90. The third-order valence-corrected chi connectivity index (χ3v) is 7.08. The minimum absolute atomic E-state index is 0.0496. The van der Waals surface area contributed by atoms with Gasteiger partial charge in [0.1, 0.15) is 0 Å². The standard InChI is InChI=1S/C22H39N3O2/c1-3-20-10-6-9-15-25(20)21(26)18(2)23-16-11-19(12-17-23)22(27)24-13-7-4-5-8-14-24/h18-20H,3-17H2,1-2H3. The first kappa shape index (κ1) is 20.6. The van der Waals surface area contributed by atoms with E-state index >= 15 is 0 Å². The minimum Gasteiger partial charge on any atom is -0.342 e. The van der Waals surface area contributed by atoms with Crippen LogP contribution in [0, 0.1) is 5.92 Å². The van der Waals surface area contributed by atoms with Gasteiger partial charge in [-0.15, -0.1) is 0 Å². The van der Waals surface area contributed by atoms with Gasteiger partial charge in [-0.3, -0.25) is 14.5 Å². The Balaban J connectivity index is 1.50. The zero-order valence-corrected chi connectivity index (χ0v) is 17.5. The third kappa shape index (κ3) is 5.04. The summed E-state index contributed by atoms with van der Waals surface area (Å²) in [6, 6.07) is 0.377. The van der Waals surface area contributed by atoms with E-state index in [1.165, 1.54) is 19.3 Å². The lowest BCUT2D eigenvalue weighted by Crippen LogP contribution is -2.54. The quantitative estimate of drug-likeness (QED) is 0.755. The molecule has 0 spiro atoms. The van der Waals surface area contributed by atoms with Crippen molar-refractivity contribution in [3.8, 4) is 0 Å². The molecule has 0 saturated carbocycles. The Labute approximate surface area is 165 Å². The molecule has 0 aliphatic carbocycles.